The Kier molecular flexibility index (Phi) is 4.74. The number of esters is 1. The molecule has 1 fully saturated rings. The lowest BCUT2D eigenvalue weighted by molar-refractivity contribution is -0.148. The van der Waals surface area contributed by atoms with Crippen molar-refractivity contribution in [3.8, 4) is 0 Å². The van der Waals surface area contributed by atoms with Gasteiger partial charge >= 0.3 is 5.97 Å². The molecule has 4 nitrogen and oxygen atoms in total. The number of likely N-dealkylation sites (tertiary alicyclic amines) is 1. The number of carbonyl (C=O) groups excluding carboxylic acids is 1. The van der Waals surface area contributed by atoms with Crippen molar-refractivity contribution in [2.75, 3.05) is 27.2 Å². The van der Waals surface area contributed by atoms with Crippen molar-refractivity contribution in [1.29, 1.82) is 0 Å². The van der Waals surface area contributed by atoms with Gasteiger partial charge in [0, 0.05) is 6.04 Å². The maximum Gasteiger partial charge on any atom is 0.325 e. The molecule has 2 atom stereocenters. The summed E-state index contributed by atoms with van der Waals surface area (Å²) in [4.78, 5) is 14.2. The van der Waals surface area contributed by atoms with Crippen molar-refractivity contribution in [3.63, 3.8) is 0 Å². The lowest BCUT2D eigenvalue weighted by Gasteiger charge is -2.33. The average Bonchev–Trinajstić information content (AvgIpc) is 2.81. The third kappa shape index (κ3) is 2.95. The second-order valence-corrected chi connectivity index (χ2v) is 4.87. The SMILES string of the molecule is CNC(C)(CC(C)N1CCCC1)C(=O)OC. The van der Waals surface area contributed by atoms with E-state index in [-0.39, 0.29) is 5.97 Å². The summed E-state index contributed by atoms with van der Waals surface area (Å²) >= 11 is 0. The number of carbonyl (C=O) groups is 1. The van der Waals surface area contributed by atoms with Gasteiger partial charge in [-0.15, -0.1) is 0 Å². The highest BCUT2D eigenvalue weighted by molar-refractivity contribution is 5.80. The summed E-state index contributed by atoms with van der Waals surface area (Å²) in [6.45, 7) is 6.40. The highest BCUT2D eigenvalue weighted by Crippen LogP contribution is 2.20. The Morgan fingerprint density at radius 3 is 2.50 bits per heavy atom. The van der Waals surface area contributed by atoms with Crippen molar-refractivity contribution in [3.05, 3.63) is 0 Å². The molecule has 0 aromatic carbocycles. The van der Waals surface area contributed by atoms with Gasteiger partial charge in [-0.25, -0.2) is 0 Å². The minimum absolute atomic E-state index is 0.180. The van der Waals surface area contributed by atoms with Crippen LogP contribution in [0.3, 0.4) is 0 Å². The monoisotopic (exact) mass is 228 g/mol. The van der Waals surface area contributed by atoms with Crippen LogP contribution in [0.4, 0.5) is 0 Å². The second kappa shape index (κ2) is 5.64. The van der Waals surface area contributed by atoms with Crippen LogP contribution in [0, 0.1) is 0 Å². The van der Waals surface area contributed by atoms with Crippen LogP contribution in [0.25, 0.3) is 0 Å². The molecule has 0 aromatic rings. The summed E-state index contributed by atoms with van der Waals surface area (Å²) in [6.07, 6.45) is 3.34. The van der Waals surface area contributed by atoms with Crippen LogP contribution in [0.5, 0.6) is 0 Å². The van der Waals surface area contributed by atoms with E-state index in [0.29, 0.717) is 6.04 Å². The number of methoxy groups -OCH3 is 1. The highest BCUT2D eigenvalue weighted by Gasteiger charge is 2.35. The van der Waals surface area contributed by atoms with Gasteiger partial charge in [-0.1, -0.05) is 0 Å². The Hall–Kier alpha value is -0.610. The number of hydrogen-bond donors (Lipinski definition) is 1. The minimum Gasteiger partial charge on any atom is -0.468 e. The lowest BCUT2D eigenvalue weighted by atomic mass is 9.93. The van der Waals surface area contributed by atoms with Gasteiger partial charge in [-0.2, -0.15) is 0 Å². The molecule has 1 saturated heterocycles. The molecule has 2 unspecified atom stereocenters. The quantitative estimate of drug-likeness (QED) is 0.713. The molecular formula is C12H24N2O2. The van der Waals surface area contributed by atoms with Gasteiger partial charge in [0.05, 0.1) is 7.11 Å². The van der Waals surface area contributed by atoms with Crippen LogP contribution < -0.4 is 5.32 Å². The van der Waals surface area contributed by atoms with E-state index in [1.807, 2.05) is 14.0 Å². The molecule has 94 valence electrons. The fourth-order valence-corrected chi connectivity index (χ4v) is 2.42. The van der Waals surface area contributed by atoms with Crippen LogP contribution in [0.2, 0.25) is 0 Å². The Labute approximate surface area is 98.3 Å². The van der Waals surface area contributed by atoms with Gasteiger partial charge in [-0.05, 0) is 53.2 Å². The van der Waals surface area contributed by atoms with Gasteiger partial charge in [0.25, 0.3) is 0 Å². The number of likely N-dealkylation sites (N-methyl/N-ethyl adjacent to an activating group) is 1. The molecule has 0 saturated carbocycles. The first-order chi connectivity index (χ1) is 7.53. The molecule has 1 heterocycles. The predicted octanol–water partition coefficient (Wildman–Crippen LogP) is 1.01. The van der Waals surface area contributed by atoms with Gasteiger partial charge in [0.15, 0.2) is 0 Å². The van der Waals surface area contributed by atoms with Crippen LogP contribution in [-0.4, -0.2) is 49.7 Å². The smallest absolute Gasteiger partial charge is 0.325 e. The van der Waals surface area contributed by atoms with E-state index < -0.39 is 5.54 Å². The first-order valence-electron chi connectivity index (χ1n) is 6.05. The number of nitrogens with zero attached hydrogens (tertiary/aromatic N) is 1. The molecule has 0 radical (unpaired) electrons. The average molecular weight is 228 g/mol. The van der Waals surface area contributed by atoms with Crippen LogP contribution in [0.15, 0.2) is 0 Å². The van der Waals surface area contributed by atoms with Crippen LogP contribution >= 0.6 is 0 Å². The molecule has 1 aliphatic rings. The van der Waals surface area contributed by atoms with E-state index in [2.05, 4.69) is 17.1 Å². The first-order valence-corrected chi connectivity index (χ1v) is 6.05. The number of ether oxygens (including phenoxy) is 1. The molecule has 0 aliphatic carbocycles. The maximum atomic E-state index is 11.7. The molecule has 4 heteroatoms. The molecule has 1 rings (SSSR count). The molecular weight excluding hydrogens is 204 g/mol. The van der Waals surface area contributed by atoms with Gasteiger partial charge < -0.3 is 15.0 Å². The Bertz CT molecular complexity index is 239. The zero-order valence-electron chi connectivity index (χ0n) is 10.9. The molecule has 1 N–H and O–H groups in total. The molecule has 0 spiro atoms. The van der Waals surface area contributed by atoms with Crippen LogP contribution in [0.1, 0.15) is 33.1 Å². The van der Waals surface area contributed by atoms with Crippen LogP contribution in [-0.2, 0) is 9.53 Å². The first kappa shape index (κ1) is 13.5. The minimum atomic E-state index is -0.573. The summed E-state index contributed by atoms with van der Waals surface area (Å²) < 4.78 is 4.85. The second-order valence-electron chi connectivity index (χ2n) is 4.87. The van der Waals surface area contributed by atoms with Gasteiger partial charge in [0.1, 0.15) is 5.54 Å². The topological polar surface area (TPSA) is 41.6 Å². The van der Waals surface area contributed by atoms with E-state index in [4.69, 9.17) is 4.74 Å². The van der Waals surface area contributed by atoms with Crippen molar-refractivity contribution in [1.82, 2.24) is 10.2 Å². The Balaban J connectivity index is 2.57. The molecule has 1 aliphatic heterocycles. The number of nitrogens with one attached hydrogen (secondary N) is 1. The molecule has 0 bridgehead atoms. The van der Waals surface area contributed by atoms with Gasteiger partial charge in [-0.3, -0.25) is 4.79 Å². The molecule has 16 heavy (non-hydrogen) atoms. The predicted molar refractivity (Wildman–Crippen MR) is 64.4 cm³/mol. The summed E-state index contributed by atoms with van der Waals surface area (Å²) in [5.41, 5.74) is -0.573. The Morgan fingerprint density at radius 2 is 2.06 bits per heavy atom. The van der Waals surface area contributed by atoms with Crippen molar-refractivity contribution in [2.45, 2.75) is 44.7 Å². The van der Waals surface area contributed by atoms with E-state index in [1.165, 1.54) is 20.0 Å². The van der Waals surface area contributed by atoms with E-state index in [0.717, 1.165) is 19.5 Å². The zero-order valence-corrected chi connectivity index (χ0v) is 10.9. The van der Waals surface area contributed by atoms with E-state index >= 15 is 0 Å². The summed E-state index contributed by atoms with van der Waals surface area (Å²) in [7, 11) is 3.26. The highest BCUT2D eigenvalue weighted by atomic mass is 16.5. The fraction of sp³-hybridized carbons (Fsp3) is 0.917. The third-order valence-corrected chi connectivity index (χ3v) is 3.66. The lowest BCUT2D eigenvalue weighted by Crippen LogP contribution is -2.52. The maximum absolute atomic E-state index is 11.7. The Morgan fingerprint density at radius 1 is 1.50 bits per heavy atom. The number of hydrogen-bond acceptors (Lipinski definition) is 4. The normalized spacial score (nSPS) is 22.8. The fourth-order valence-electron chi connectivity index (χ4n) is 2.42. The summed E-state index contributed by atoms with van der Waals surface area (Å²) in [5.74, 6) is -0.180. The summed E-state index contributed by atoms with van der Waals surface area (Å²) in [6, 6.07) is 0.416. The van der Waals surface area contributed by atoms with E-state index in [1.54, 1.807) is 0 Å². The van der Waals surface area contributed by atoms with Crippen molar-refractivity contribution in [2.24, 2.45) is 0 Å². The van der Waals surface area contributed by atoms with Crippen molar-refractivity contribution >= 4 is 5.97 Å². The van der Waals surface area contributed by atoms with Gasteiger partial charge in [0.2, 0.25) is 0 Å². The van der Waals surface area contributed by atoms with E-state index in [9.17, 15) is 4.79 Å². The standard InChI is InChI=1S/C12H24N2O2/c1-10(14-7-5-6-8-14)9-12(2,13-3)11(15)16-4/h10,13H,5-9H2,1-4H3. The zero-order chi connectivity index (χ0) is 12.2. The largest absolute Gasteiger partial charge is 0.468 e. The summed E-state index contributed by atoms with van der Waals surface area (Å²) in [5, 5.41) is 3.08. The molecule has 0 amide bonds. The van der Waals surface area contributed by atoms with Crippen molar-refractivity contribution < 1.29 is 9.53 Å². The molecule has 0 aromatic heterocycles. The third-order valence-electron chi connectivity index (χ3n) is 3.66. The number of rotatable bonds is 5.